The van der Waals surface area contributed by atoms with E-state index in [4.69, 9.17) is 4.74 Å². The standard InChI is InChI=1S/C15H24NO2/c1-3-4-5-6-7-10-13-18-15(17)16-12-9-8-11-14(16)2/h8-9,11-12H,3-7,10,13H2,1-2H3/q+1. The molecule has 0 bridgehead atoms. The van der Waals surface area contributed by atoms with Gasteiger partial charge in [-0.2, -0.15) is 4.79 Å². The zero-order valence-corrected chi connectivity index (χ0v) is 11.5. The van der Waals surface area contributed by atoms with Crippen LogP contribution in [0, 0.1) is 6.92 Å². The Bertz CT molecular complexity index is 363. The highest BCUT2D eigenvalue weighted by molar-refractivity contribution is 5.56. The van der Waals surface area contributed by atoms with E-state index < -0.39 is 0 Å². The fraction of sp³-hybridized carbons (Fsp3) is 0.600. The Kier molecular flexibility index (Phi) is 7.07. The van der Waals surface area contributed by atoms with Crippen LogP contribution in [0.5, 0.6) is 0 Å². The topological polar surface area (TPSA) is 30.2 Å². The molecule has 0 radical (unpaired) electrons. The summed E-state index contributed by atoms with van der Waals surface area (Å²) in [7, 11) is 0. The second-order valence-electron chi connectivity index (χ2n) is 4.59. The summed E-state index contributed by atoms with van der Waals surface area (Å²) in [5.41, 5.74) is 0.894. The number of carbonyl (C=O) groups excluding carboxylic acids is 1. The molecule has 0 unspecified atom stereocenters. The Morgan fingerprint density at radius 2 is 1.89 bits per heavy atom. The number of rotatable bonds is 7. The Morgan fingerprint density at radius 3 is 2.61 bits per heavy atom. The number of carbonyl (C=O) groups is 1. The quantitative estimate of drug-likeness (QED) is 0.546. The maximum atomic E-state index is 11.7. The van der Waals surface area contributed by atoms with E-state index >= 15 is 0 Å². The van der Waals surface area contributed by atoms with Crippen molar-refractivity contribution >= 4 is 6.09 Å². The minimum Gasteiger partial charge on any atom is -0.411 e. The molecule has 0 saturated carbocycles. The molecule has 0 aromatic carbocycles. The van der Waals surface area contributed by atoms with Gasteiger partial charge < -0.3 is 4.74 Å². The van der Waals surface area contributed by atoms with Gasteiger partial charge in [0.15, 0.2) is 11.9 Å². The van der Waals surface area contributed by atoms with Crippen LogP contribution in [0.1, 0.15) is 51.1 Å². The van der Waals surface area contributed by atoms with Gasteiger partial charge in [0.1, 0.15) is 0 Å². The van der Waals surface area contributed by atoms with E-state index in [9.17, 15) is 4.79 Å². The summed E-state index contributed by atoms with van der Waals surface area (Å²) in [5, 5.41) is 0. The summed E-state index contributed by atoms with van der Waals surface area (Å²) in [6.45, 7) is 4.62. The molecule has 0 fully saturated rings. The lowest BCUT2D eigenvalue weighted by Gasteiger charge is -2.02. The third-order valence-electron chi connectivity index (χ3n) is 2.98. The number of aryl methyl sites for hydroxylation is 1. The van der Waals surface area contributed by atoms with Crippen LogP contribution in [0.3, 0.4) is 0 Å². The van der Waals surface area contributed by atoms with E-state index in [0.29, 0.717) is 6.61 Å². The first-order valence-electron chi connectivity index (χ1n) is 6.90. The number of unbranched alkanes of at least 4 members (excludes halogenated alkanes) is 5. The van der Waals surface area contributed by atoms with Crippen LogP contribution in [0.25, 0.3) is 0 Å². The van der Waals surface area contributed by atoms with Crippen molar-refractivity contribution in [3.63, 3.8) is 0 Å². The summed E-state index contributed by atoms with van der Waals surface area (Å²) in [6, 6.07) is 5.64. The van der Waals surface area contributed by atoms with E-state index in [1.807, 2.05) is 25.1 Å². The van der Waals surface area contributed by atoms with E-state index in [-0.39, 0.29) is 6.09 Å². The molecule has 1 aromatic heterocycles. The van der Waals surface area contributed by atoms with Gasteiger partial charge in [0, 0.05) is 19.1 Å². The van der Waals surface area contributed by atoms with Gasteiger partial charge in [0.05, 0.1) is 6.61 Å². The average Bonchev–Trinajstić information content (AvgIpc) is 2.38. The predicted molar refractivity (Wildman–Crippen MR) is 71.5 cm³/mol. The second-order valence-corrected chi connectivity index (χ2v) is 4.59. The van der Waals surface area contributed by atoms with Crippen molar-refractivity contribution in [2.75, 3.05) is 6.61 Å². The van der Waals surface area contributed by atoms with Crippen molar-refractivity contribution in [1.82, 2.24) is 0 Å². The molecule has 0 atom stereocenters. The summed E-state index contributed by atoms with van der Waals surface area (Å²) < 4.78 is 6.78. The van der Waals surface area contributed by atoms with E-state index in [1.165, 1.54) is 30.3 Å². The molecule has 0 aliphatic rings. The van der Waals surface area contributed by atoms with Crippen LogP contribution in [0.4, 0.5) is 4.79 Å². The zero-order chi connectivity index (χ0) is 13.2. The monoisotopic (exact) mass is 250 g/mol. The zero-order valence-electron chi connectivity index (χ0n) is 11.5. The van der Waals surface area contributed by atoms with Crippen molar-refractivity contribution in [2.24, 2.45) is 0 Å². The SMILES string of the molecule is CCCCCCCCOC(=O)[n+]1ccccc1C. The maximum absolute atomic E-state index is 11.7. The molecule has 0 amide bonds. The van der Waals surface area contributed by atoms with E-state index in [0.717, 1.165) is 18.5 Å². The third kappa shape index (κ3) is 5.30. The van der Waals surface area contributed by atoms with Gasteiger partial charge >= 0.3 is 6.09 Å². The summed E-state index contributed by atoms with van der Waals surface area (Å²) in [4.78, 5) is 11.7. The summed E-state index contributed by atoms with van der Waals surface area (Å²) in [6.07, 6.45) is 8.66. The minimum absolute atomic E-state index is 0.276. The number of nitrogens with zero attached hydrogens (tertiary/aromatic N) is 1. The van der Waals surface area contributed by atoms with Crippen LogP contribution in [-0.4, -0.2) is 12.7 Å². The predicted octanol–water partition coefficient (Wildman–Crippen LogP) is 3.63. The van der Waals surface area contributed by atoms with Crippen molar-refractivity contribution in [3.05, 3.63) is 30.1 Å². The smallest absolute Gasteiger partial charge is 0.411 e. The molecular formula is C15H24NO2+. The Hall–Kier alpha value is -1.38. The summed E-state index contributed by atoms with van der Waals surface area (Å²) in [5.74, 6) is 0. The highest BCUT2D eigenvalue weighted by Crippen LogP contribution is 2.04. The first-order valence-corrected chi connectivity index (χ1v) is 6.90. The fourth-order valence-electron chi connectivity index (χ4n) is 1.84. The Balaban J connectivity index is 2.16. The summed E-state index contributed by atoms with van der Waals surface area (Å²) >= 11 is 0. The molecule has 0 N–H and O–H groups in total. The first-order chi connectivity index (χ1) is 8.75. The normalized spacial score (nSPS) is 10.3. The largest absolute Gasteiger partial charge is 0.602 e. The molecule has 1 rings (SSSR count). The number of aromatic nitrogens is 1. The molecule has 1 heterocycles. The second kappa shape index (κ2) is 8.67. The third-order valence-corrected chi connectivity index (χ3v) is 2.98. The molecule has 0 aliphatic carbocycles. The van der Waals surface area contributed by atoms with Gasteiger partial charge in [-0.3, -0.25) is 0 Å². The number of hydrogen-bond acceptors (Lipinski definition) is 2. The molecular weight excluding hydrogens is 226 g/mol. The van der Waals surface area contributed by atoms with Gasteiger partial charge in [-0.05, 0) is 6.42 Å². The van der Waals surface area contributed by atoms with Crippen molar-refractivity contribution < 1.29 is 14.1 Å². The number of ether oxygens (including phenoxy) is 1. The van der Waals surface area contributed by atoms with Gasteiger partial charge in [-0.25, -0.2) is 0 Å². The molecule has 18 heavy (non-hydrogen) atoms. The van der Waals surface area contributed by atoms with E-state index in [2.05, 4.69) is 6.92 Å². The van der Waals surface area contributed by atoms with Crippen molar-refractivity contribution in [1.29, 1.82) is 0 Å². The Labute approximate surface area is 110 Å². The molecule has 0 aliphatic heterocycles. The van der Waals surface area contributed by atoms with Gasteiger partial charge in [0.25, 0.3) is 0 Å². The van der Waals surface area contributed by atoms with Crippen LogP contribution < -0.4 is 4.57 Å². The molecule has 3 nitrogen and oxygen atoms in total. The highest BCUT2D eigenvalue weighted by atomic mass is 16.5. The van der Waals surface area contributed by atoms with Gasteiger partial charge in [-0.15, -0.1) is 0 Å². The molecule has 0 spiro atoms. The molecule has 3 heteroatoms. The number of hydrogen-bond donors (Lipinski definition) is 0. The molecule has 1 aromatic rings. The maximum Gasteiger partial charge on any atom is 0.602 e. The lowest BCUT2D eigenvalue weighted by molar-refractivity contribution is -0.592. The van der Waals surface area contributed by atoms with Crippen LogP contribution in [-0.2, 0) is 4.74 Å². The molecule has 100 valence electrons. The number of pyridine rings is 1. The van der Waals surface area contributed by atoms with E-state index in [1.54, 1.807) is 6.20 Å². The highest BCUT2D eigenvalue weighted by Gasteiger charge is 2.17. The lowest BCUT2D eigenvalue weighted by atomic mass is 10.1. The van der Waals surface area contributed by atoms with Crippen LogP contribution in [0.2, 0.25) is 0 Å². The van der Waals surface area contributed by atoms with Crippen LogP contribution >= 0.6 is 0 Å². The van der Waals surface area contributed by atoms with Crippen molar-refractivity contribution in [3.8, 4) is 0 Å². The average molecular weight is 250 g/mol. The van der Waals surface area contributed by atoms with Gasteiger partial charge in [0.2, 0.25) is 0 Å². The molecule has 0 saturated heterocycles. The van der Waals surface area contributed by atoms with Crippen LogP contribution in [0.15, 0.2) is 24.4 Å². The Morgan fingerprint density at radius 1 is 1.17 bits per heavy atom. The first kappa shape index (κ1) is 14.7. The fourth-order valence-corrected chi connectivity index (χ4v) is 1.84. The minimum atomic E-state index is -0.276. The van der Waals surface area contributed by atoms with Crippen molar-refractivity contribution in [2.45, 2.75) is 52.4 Å². The van der Waals surface area contributed by atoms with Gasteiger partial charge in [-0.1, -0.05) is 49.7 Å². The lowest BCUT2D eigenvalue weighted by Crippen LogP contribution is -2.45.